The third kappa shape index (κ3) is 2.61. The molecule has 0 N–H and O–H groups in total. The Morgan fingerprint density at radius 1 is 0.619 bits per heavy atom. The van der Waals surface area contributed by atoms with Gasteiger partial charge in [-0.2, -0.15) is 0 Å². The van der Waals surface area contributed by atoms with Gasteiger partial charge in [-0.15, -0.1) is 11.3 Å². The van der Waals surface area contributed by atoms with Gasteiger partial charge in [-0.3, -0.25) is 0 Å². The first-order valence-electron chi connectivity index (χ1n) is 6.68. The molecule has 0 aliphatic heterocycles. The largest absolute Gasteiger partial charge is 0.202 e. The number of thiophene rings is 1. The average Bonchev–Trinajstić information content (AvgIpc) is 2.78. The Morgan fingerprint density at radius 3 is 1.29 bits per heavy atom. The van der Waals surface area contributed by atoms with Crippen molar-refractivity contribution >= 4 is 11.3 Å². The van der Waals surface area contributed by atoms with Gasteiger partial charge in [0.05, 0.1) is 9.75 Å². The van der Waals surface area contributed by atoms with Gasteiger partial charge in [0, 0.05) is 0 Å². The van der Waals surface area contributed by atoms with Crippen molar-refractivity contribution in [2.75, 3.05) is 0 Å². The van der Waals surface area contributed by atoms with E-state index in [0.29, 0.717) is 20.9 Å². The third-order valence-corrected chi connectivity index (χ3v) is 4.66. The lowest BCUT2D eigenvalue weighted by atomic mass is 10.1. The van der Waals surface area contributed by atoms with Crippen LogP contribution in [0.5, 0.6) is 0 Å². The molecule has 0 nitrogen and oxygen atoms in total. The molecule has 0 atom stereocenters. The van der Waals surface area contributed by atoms with Gasteiger partial charge in [0.15, 0.2) is 11.6 Å². The van der Waals surface area contributed by atoms with Crippen molar-refractivity contribution in [3.8, 4) is 20.9 Å². The smallest absolute Gasteiger partial charge is 0.178 e. The molecule has 0 spiro atoms. The number of benzene rings is 2. The summed E-state index contributed by atoms with van der Waals surface area (Å²) in [6, 6.07) is 14.9. The van der Waals surface area contributed by atoms with Crippen molar-refractivity contribution in [2.45, 2.75) is 13.8 Å². The van der Waals surface area contributed by atoms with Crippen molar-refractivity contribution in [2.24, 2.45) is 0 Å². The second-order valence-electron chi connectivity index (χ2n) is 5.12. The molecule has 3 aromatic rings. The summed E-state index contributed by atoms with van der Waals surface area (Å²) in [6.07, 6.45) is 0. The molecule has 3 rings (SSSR count). The number of aryl methyl sites for hydroxylation is 2. The SMILES string of the molecule is Cc1ccc(-c2sc(-c3ccc(C)cc3)c(F)c2F)cc1. The van der Waals surface area contributed by atoms with Crippen molar-refractivity contribution < 1.29 is 8.78 Å². The minimum atomic E-state index is -0.764. The highest BCUT2D eigenvalue weighted by molar-refractivity contribution is 7.18. The normalized spacial score (nSPS) is 10.9. The Bertz CT molecular complexity index is 702. The van der Waals surface area contributed by atoms with Crippen LogP contribution in [0.4, 0.5) is 8.78 Å². The molecule has 0 fully saturated rings. The van der Waals surface area contributed by atoms with Gasteiger partial charge in [-0.25, -0.2) is 8.78 Å². The highest BCUT2D eigenvalue weighted by Crippen LogP contribution is 2.40. The van der Waals surface area contributed by atoms with Crippen LogP contribution in [0.3, 0.4) is 0 Å². The van der Waals surface area contributed by atoms with Crippen LogP contribution in [-0.4, -0.2) is 0 Å². The van der Waals surface area contributed by atoms with Gasteiger partial charge in [0.2, 0.25) is 0 Å². The molecule has 0 radical (unpaired) electrons. The highest BCUT2D eigenvalue weighted by Gasteiger charge is 2.20. The van der Waals surface area contributed by atoms with E-state index in [1.165, 1.54) is 0 Å². The Hall–Kier alpha value is -2.00. The van der Waals surface area contributed by atoms with E-state index in [4.69, 9.17) is 0 Å². The second-order valence-corrected chi connectivity index (χ2v) is 6.14. The topological polar surface area (TPSA) is 0 Å². The van der Waals surface area contributed by atoms with E-state index in [-0.39, 0.29) is 0 Å². The third-order valence-electron chi connectivity index (χ3n) is 3.42. The molecule has 1 heterocycles. The fraction of sp³-hybridized carbons (Fsp3) is 0.111. The lowest BCUT2D eigenvalue weighted by Gasteiger charge is -1.99. The maximum absolute atomic E-state index is 14.2. The first kappa shape index (κ1) is 14.0. The zero-order valence-electron chi connectivity index (χ0n) is 11.8. The minimum absolute atomic E-state index is 0.350. The second kappa shape index (κ2) is 5.41. The number of rotatable bonds is 2. The van der Waals surface area contributed by atoms with Gasteiger partial charge in [0.1, 0.15) is 0 Å². The number of hydrogen-bond donors (Lipinski definition) is 0. The van der Waals surface area contributed by atoms with E-state index < -0.39 is 11.6 Å². The van der Waals surface area contributed by atoms with Crippen LogP contribution in [0, 0.1) is 25.5 Å². The molecule has 1 aromatic heterocycles. The van der Waals surface area contributed by atoms with Crippen LogP contribution in [0.15, 0.2) is 48.5 Å². The fourth-order valence-corrected chi connectivity index (χ4v) is 3.24. The van der Waals surface area contributed by atoms with Crippen LogP contribution >= 0.6 is 11.3 Å². The van der Waals surface area contributed by atoms with E-state index in [2.05, 4.69) is 0 Å². The zero-order valence-corrected chi connectivity index (χ0v) is 12.6. The predicted molar refractivity (Wildman–Crippen MR) is 84.6 cm³/mol. The van der Waals surface area contributed by atoms with E-state index in [1.54, 1.807) is 0 Å². The molecule has 21 heavy (non-hydrogen) atoms. The van der Waals surface area contributed by atoms with Gasteiger partial charge in [-0.1, -0.05) is 59.7 Å². The van der Waals surface area contributed by atoms with Crippen molar-refractivity contribution in [3.05, 3.63) is 71.3 Å². The molecular formula is C18H14F2S. The van der Waals surface area contributed by atoms with Gasteiger partial charge >= 0.3 is 0 Å². The molecule has 0 saturated carbocycles. The summed E-state index contributed by atoms with van der Waals surface area (Å²) >= 11 is 1.15. The minimum Gasteiger partial charge on any atom is -0.202 e. The Kier molecular flexibility index (Phi) is 3.60. The summed E-state index contributed by atoms with van der Waals surface area (Å²) in [4.78, 5) is 0.700. The summed E-state index contributed by atoms with van der Waals surface area (Å²) in [5, 5.41) is 0. The maximum atomic E-state index is 14.2. The summed E-state index contributed by atoms with van der Waals surface area (Å²) in [5.74, 6) is -1.53. The van der Waals surface area contributed by atoms with Crippen LogP contribution in [0.25, 0.3) is 20.9 Å². The maximum Gasteiger partial charge on any atom is 0.178 e. The number of hydrogen-bond acceptors (Lipinski definition) is 1. The summed E-state index contributed by atoms with van der Waals surface area (Å²) < 4.78 is 28.4. The van der Waals surface area contributed by atoms with Gasteiger partial charge in [-0.05, 0) is 25.0 Å². The Morgan fingerprint density at radius 2 is 0.952 bits per heavy atom. The first-order chi connectivity index (χ1) is 10.1. The molecule has 0 aliphatic carbocycles. The lowest BCUT2D eigenvalue weighted by molar-refractivity contribution is 0.520. The highest BCUT2D eigenvalue weighted by atomic mass is 32.1. The van der Waals surface area contributed by atoms with E-state index in [1.807, 2.05) is 62.4 Å². The van der Waals surface area contributed by atoms with Crippen LogP contribution in [0.2, 0.25) is 0 Å². The number of halogens is 2. The van der Waals surface area contributed by atoms with Gasteiger partial charge < -0.3 is 0 Å². The van der Waals surface area contributed by atoms with Crippen molar-refractivity contribution in [1.29, 1.82) is 0 Å². The summed E-state index contributed by atoms with van der Waals surface area (Å²) in [5.41, 5.74) is 3.60. The first-order valence-corrected chi connectivity index (χ1v) is 7.50. The van der Waals surface area contributed by atoms with E-state index >= 15 is 0 Å². The van der Waals surface area contributed by atoms with Crippen molar-refractivity contribution in [1.82, 2.24) is 0 Å². The molecule has 106 valence electrons. The zero-order chi connectivity index (χ0) is 15.0. The molecule has 2 aromatic carbocycles. The quantitative estimate of drug-likeness (QED) is 0.546. The van der Waals surface area contributed by atoms with Gasteiger partial charge in [0.25, 0.3) is 0 Å². The van der Waals surface area contributed by atoms with E-state index in [0.717, 1.165) is 22.5 Å². The molecule has 0 bridgehead atoms. The molecule has 0 unspecified atom stereocenters. The Labute approximate surface area is 126 Å². The van der Waals surface area contributed by atoms with E-state index in [9.17, 15) is 8.78 Å². The van der Waals surface area contributed by atoms with Crippen LogP contribution in [-0.2, 0) is 0 Å². The monoisotopic (exact) mass is 300 g/mol. The van der Waals surface area contributed by atoms with Crippen LogP contribution < -0.4 is 0 Å². The molecule has 3 heteroatoms. The van der Waals surface area contributed by atoms with Crippen LogP contribution in [0.1, 0.15) is 11.1 Å². The molecule has 0 aliphatic rings. The Balaban J connectivity index is 2.11. The molecule has 0 amide bonds. The lowest BCUT2D eigenvalue weighted by Crippen LogP contribution is -1.82. The standard InChI is InChI=1S/C18H14F2S/c1-11-3-7-13(8-4-11)17-15(19)16(20)18(21-17)14-9-5-12(2)6-10-14/h3-10H,1-2H3. The summed E-state index contributed by atoms with van der Waals surface area (Å²) in [6.45, 7) is 3.93. The summed E-state index contributed by atoms with van der Waals surface area (Å²) in [7, 11) is 0. The fourth-order valence-electron chi connectivity index (χ4n) is 2.17. The predicted octanol–water partition coefficient (Wildman–Crippen LogP) is 5.98. The molecular weight excluding hydrogens is 286 g/mol. The average molecular weight is 300 g/mol. The molecule has 0 saturated heterocycles. The van der Waals surface area contributed by atoms with Crippen molar-refractivity contribution in [3.63, 3.8) is 0 Å².